The van der Waals surface area contributed by atoms with Crippen LogP contribution in [0, 0.1) is 0 Å². The van der Waals surface area contributed by atoms with Gasteiger partial charge in [0.1, 0.15) is 12.2 Å². The van der Waals surface area contributed by atoms with Crippen LogP contribution >= 0.6 is 0 Å². The third-order valence-electron chi connectivity index (χ3n) is 6.70. The van der Waals surface area contributed by atoms with Crippen molar-refractivity contribution in [3.63, 3.8) is 0 Å². The summed E-state index contributed by atoms with van der Waals surface area (Å²) < 4.78 is 341. The van der Waals surface area contributed by atoms with Crippen LogP contribution in [0.3, 0.4) is 0 Å². The normalized spacial score (nSPS) is 22.6. The molecule has 4 atom stereocenters. The van der Waals surface area contributed by atoms with E-state index in [0.717, 1.165) is 0 Å². The molecule has 0 aliphatic carbocycles. The van der Waals surface area contributed by atoms with Gasteiger partial charge in [0.15, 0.2) is 0 Å². The Morgan fingerprint density at radius 3 is 0.809 bits per heavy atom. The summed E-state index contributed by atoms with van der Waals surface area (Å²) in [5.74, 6) is -79.3. The van der Waals surface area contributed by atoms with E-state index in [9.17, 15) is 105 Å². The molecule has 0 aromatic rings. The van der Waals surface area contributed by atoms with Crippen LogP contribution in [0.2, 0.25) is 0 Å². The van der Waals surface area contributed by atoms with Gasteiger partial charge in [0.05, 0.1) is 25.4 Å². The fourth-order valence-electron chi connectivity index (χ4n) is 3.57. The molecule has 2 fully saturated rings. The monoisotopic (exact) mass is 758 g/mol. The zero-order valence-electron chi connectivity index (χ0n) is 21.6. The minimum Gasteiger partial charge on any atom is -0.373 e. The van der Waals surface area contributed by atoms with E-state index >= 15 is 0 Å². The van der Waals surface area contributed by atoms with Gasteiger partial charge >= 0.3 is 72.1 Å². The predicted octanol–water partition coefficient (Wildman–Crippen LogP) is 8.20. The molecule has 2 saturated heterocycles. The summed E-state index contributed by atoms with van der Waals surface area (Å²) in [7, 11) is 0. The van der Waals surface area contributed by atoms with Gasteiger partial charge < -0.3 is 14.2 Å². The Labute approximate surface area is 243 Å². The summed E-state index contributed by atoms with van der Waals surface area (Å²) in [6, 6.07) is 0. The molecule has 0 N–H and O–H groups in total. The number of hydrogen-bond acceptors (Lipinski definition) is 3. The first-order chi connectivity index (χ1) is 20.5. The molecule has 2 heterocycles. The number of epoxide rings is 2. The number of halogens is 24. The van der Waals surface area contributed by atoms with Gasteiger partial charge in [-0.1, -0.05) is 0 Å². The highest BCUT2D eigenvalue weighted by atomic mass is 19.4. The molecule has 280 valence electrons. The average molecular weight is 758 g/mol. The van der Waals surface area contributed by atoms with Crippen LogP contribution in [-0.2, 0) is 14.2 Å². The highest BCUT2D eigenvalue weighted by molar-refractivity contribution is 5.14. The Kier molecular flexibility index (Phi) is 10.5. The number of hydrogen-bond donors (Lipinski definition) is 0. The predicted molar refractivity (Wildman–Crippen MR) is 98.9 cm³/mol. The molecule has 3 nitrogen and oxygen atoms in total. The largest absolute Gasteiger partial charge is 0.384 e. The Morgan fingerprint density at radius 2 is 0.617 bits per heavy atom. The van der Waals surface area contributed by atoms with E-state index < -0.39 is 123 Å². The van der Waals surface area contributed by atoms with Gasteiger partial charge in [-0.15, -0.1) is 0 Å². The molecule has 47 heavy (non-hydrogen) atoms. The molecule has 2 rings (SSSR count). The molecular formula is C20H14F24O3. The molecule has 0 aromatic heterocycles. The van der Waals surface area contributed by atoms with E-state index in [-0.39, 0.29) is 0 Å². The maximum Gasteiger partial charge on any atom is 0.384 e. The van der Waals surface area contributed by atoms with E-state index in [4.69, 9.17) is 0 Å². The Morgan fingerprint density at radius 1 is 0.404 bits per heavy atom. The molecular weight excluding hydrogens is 744 g/mol. The van der Waals surface area contributed by atoms with E-state index in [1.807, 2.05) is 0 Å². The van der Waals surface area contributed by atoms with Crippen molar-refractivity contribution in [2.45, 2.75) is 109 Å². The van der Waals surface area contributed by atoms with Gasteiger partial charge in [-0.2, -0.15) is 87.8 Å². The minimum absolute atomic E-state index is 0.993. The summed E-state index contributed by atoms with van der Waals surface area (Å²) >= 11 is 0. The van der Waals surface area contributed by atoms with Crippen LogP contribution in [0.25, 0.3) is 0 Å². The van der Waals surface area contributed by atoms with E-state index in [2.05, 4.69) is 14.2 Å². The van der Waals surface area contributed by atoms with Crippen molar-refractivity contribution >= 4 is 0 Å². The lowest BCUT2D eigenvalue weighted by atomic mass is 9.88. The van der Waals surface area contributed by atoms with Crippen molar-refractivity contribution in [1.29, 1.82) is 0 Å². The highest BCUT2D eigenvalue weighted by Crippen LogP contribution is 2.62. The second-order valence-electron chi connectivity index (χ2n) is 10.0. The highest BCUT2D eigenvalue weighted by Gasteiger charge is 2.91. The van der Waals surface area contributed by atoms with Gasteiger partial charge in [0, 0.05) is 12.8 Å². The zero-order chi connectivity index (χ0) is 37.4. The summed E-state index contributed by atoms with van der Waals surface area (Å²) in [5, 5.41) is 0. The number of rotatable bonds is 18. The zero-order valence-corrected chi connectivity index (χ0v) is 21.6. The summed E-state index contributed by atoms with van der Waals surface area (Å²) in [5.41, 5.74) is 0. The fourth-order valence-corrected chi connectivity index (χ4v) is 3.57. The van der Waals surface area contributed by atoms with Crippen molar-refractivity contribution in [2.24, 2.45) is 0 Å². The number of ether oxygens (including phenoxy) is 3. The Balaban J connectivity index is 2.69. The van der Waals surface area contributed by atoms with Crippen molar-refractivity contribution in [3.05, 3.63) is 0 Å². The quantitative estimate of drug-likeness (QED) is 0.105. The van der Waals surface area contributed by atoms with Gasteiger partial charge in [0.2, 0.25) is 0 Å². The lowest BCUT2D eigenvalue weighted by molar-refractivity contribution is -0.433. The van der Waals surface area contributed by atoms with Crippen LogP contribution in [-0.4, -0.2) is 110 Å². The summed E-state index contributed by atoms with van der Waals surface area (Å²) in [6.07, 6.45) is -30.5. The van der Waals surface area contributed by atoms with Gasteiger partial charge in [0.25, 0.3) is 0 Å². The average Bonchev–Trinajstić information content (AvgIpc) is 3.83. The standard InChI is InChI=1S/C20H14F24O3/c21-9(22)13(29,30)17(37,38)19(41,42)15(33,34)11(25,26)7(1-5-3-45-5)47-8(2-6-4-46-6)12(27,28)16(35,36)20(43,44)18(39,40)14(31,32)10(23)24/h5-10H,1-4H2. The first kappa shape index (κ1) is 41.4. The molecule has 0 amide bonds. The van der Waals surface area contributed by atoms with Gasteiger partial charge in [-0.05, 0) is 0 Å². The fraction of sp³-hybridized carbons (Fsp3) is 1.00. The third kappa shape index (κ3) is 6.25. The first-order valence-corrected chi connectivity index (χ1v) is 11.8. The second-order valence-corrected chi connectivity index (χ2v) is 10.0. The van der Waals surface area contributed by atoms with Crippen molar-refractivity contribution in [3.8, 4) is 0 Å². The van der Waals surface area contributed by atoms with Crippen LogP contribution in [0.15, 0.2) is 0 Å². The van der Waals surface area contributed by atoms with Crippen molar-refractivity contribution in [1.82, 2.24) is 0 Å². The molecule has 27 heteroatoms. The third-order valence-corrected chi connectivity index (χ3v) is 6.70. The molecule has 2 aliphatic rings. The minimum atomic E-state index is -8.35. The molecule has 0 bridgehead atoms. The van der Waals surface area contributed by atoms with Crippen LogP contribution < -0.4 is 0 Å². The van der Waals surface area contributed by atoms with Crippen molar-refractivity contribution in [2.75, 3.05) is 13.2 Å². The molecule has 4 unspecified atom stereocenters. The molecule has 0 radical (unpaired) electrons. The second kappa shape index (κ2) is 11.9. The Bertz CT molecular complexity index is 1010. The van der Waals surface area contributed by atoms with E-state index in [1.54, 1.807) is 0 Å². The van der Waals surface area contributed by atoms with Gasteiger partial charge in [-0.25, -0.2) is 17.6 Å². The maximum atomic E-state index is 14.8. The topological polar surface area (TPSA) is 34.3 Å². The molecule has 0 spiro atoms. The molecule has 2 aliphatic heterocycles. The molecule has 0 aromatic carbocycles. The summed E-state index contributed by atoms with van der Waals surface area (Å²) in [6.45, 7) is -1.99. The lowest BCUT2D eigenvalue weighted by Gasteiger charge is -2.44. The van der Waals surface area contributed by atoms with Crippen LogP contribution in [0.1, 0.15) is 12.8 Å². The van der Waals surface area contributed by atoms with Crippen molar-refractivity contribution < 1.29 is 120 Å². The SMILES string of the molecule is FC(F)C(F)(F)C(F)(F)C(F)(F)C(F)(F)C(F)(F)C(CC1CO1)OC(CC1CO1)C(F)(F)C(F)(F)C(F)(F)C(F)(F)C(F)(F)C(F)F. The number of alkyl halides is 24. The lowest BCUT2D eigenvalue weighted by Crippen LogP contribution is -2.72. The molecule has 0 saturated carbocycles. The first-order valence-electron chi connectivity index (χ1n) is 11.8. The van der Waals surface area contributed by atoms with E-state index in [1.165, 1.54) is 0 Å². The van der Waals surface area contributed by atoms with Gasteiger partial charge in [-0.3, -0.25) is 0 Å². The maximum absolute atomic E-state index is 14.8. The van der Waals surface area contributed by atoms with Crippen LogP contribution in [0.4, 0.5) is 105 Å². The summed E-state index contributed by atoms with van der Waals surface area (Å²) in [4.78, 5) is 0. The smallest absolute Gasteiger partial charge is 0.373 e. The Hall–Kier alpha value is -1.80. The van der Waals surface area contributed by atoms with Crippen LogP contribution in [0.5, 0.6) is 0 Å². The van der Waals surface area contributed by atoms with E-state index in [0.29, 0.717) is 0 Å².